The number of amides is 1. The first-order chi connectivity index (χ1) is 6.77. The van der Waals surface area contributed by atoms with Crippen molar-refractivity contribution in [1.29, 1.82) is 0 Å². The predicted octanol–water partition coefficient (Wildman–Crippen LogP) is 1.27. The van der Waals surface area contributed by atoms with Crippen molar-refractivity contribution in [2.24, 2.45) is 11.7 Å². The van der Waals surface area contributed by atoms with Gasteiger partial charge in [-0.15, -0.1) is 11.3 Å². The molecule has 1 amide bonds. The maximum absolute atomic E-state index is 11.5. The van der Waals surface area contributed by atoms with Crippen LogP contribution in [0.3, 0.4) is 0 Å². The molecule has 3 N–H and O–H groups in total. The van der Waals surface area contributed by atoms with Crippen molar-refractivity contribution in [2.75, 3.05) is 6.54 Å². The normalized spacial score (nSPS) is 17.8. The van der Waals surface area contributed by atoms with Gasteiger partial charge in [0.05, 0.1) is 0 Å². The van der Waals surface area contributed by atoms with Crippen LogP contribution in [-0.2, 0) is 4.79 Å². The van der Waals surface area contributed by atoms with Crippen LogP contribution in [0.25, 0.3) is 0 Å². The summed E-state index contributed by atoms with van der Waals surface area (Å²) >= 11 is 1.52. The molecule has 1 aromatic rings. The summed E-state index contributed by atoms with van der Waals surface area (Å²) in [6.45, 7) is 0.790. The molecule has 0 aromatic carbocycles. The van der Waals surface area contributed by atoms with Crippen molar-refractivity contribution in [2.45, 2.75) is 18.9 Å². The second-order valence-electron chi connectivity index (χ2n) is 3.68. The Morgan fingerprint density at radius 3 is 3.07 bits per heavy atom. The third-order valence-corrected chi connectivity index (χ3v) is 3.35. The van der Waals surface area contributed by atoms with Gasteiger partial charge in [0.15, 0.2) is 0 Å². The van der Waals surface area contributed by atoms with E-state index in [2.05, 4.69) is 5.32 Å². The van der Waals surface area contributed by atoms with Gasteiger partial charge in [0.25, 0.3) is 0 Å². The highest BCUT2D eigenvalue weighted by Gasteiger charge is 2.23. The second-order valence-corrected chi connectivity index (χ2v) is 4.66. The molecule has 0 radical (unpaired) electrons. The number of thiophene rings is 1. The van der Waals surface area contributed by atoms with E-state index < -0.39 is 6.04 Å². The smallest absolute Gasteiger partial charge is 0.242 e. The fraction of sp³-hybridized carbons (Fsp3) is 0.500. The van der Waals surface area contributed by atoms with E-state index in [-0.39, 0.29) is 5.91 Å². The zero-order valence-electron chi connectivity index (χ0n) is 7.90. The first-order valence-electron chi connectivity index (χ1n) is 4.84. The highest BCUT2D eigenvalue weighted by molar-refractivity contribution is 7.10. The van der Waals surface area contributed by atoms with Gasteiger partial charge in [0.1, 0.15) is 6.04 Å². The van der Waals surface area contributed by atoms with Gasteiger partial charge in [-0.1, -0.05) is 6.07 Å². The molecule has 0 bridgehead atoms. The molecule has 1 saturated carbocycles. The van der Waals surface area contributed by atoms with Crippen molar-refractivity contribution < 1.29 is 4.79 Å². The maximum atomic E-state index is 11.5. The molecule has 1 heterocycles. The molecule has 0 spiro atoms. The largest absolute Gasteiger partial charge is 0.354 e. The topological polar surface area (TPSA) is 55.1 Å². The van der Waals surface area contributed by atoms with Gasteiger partial charge in [-0.2, -0.15) is 0 Å². The molecule has 3 nitrogen and oxygen atoms in total. The van der Waals surface area contributed by atoms with Gasteiger partial charge >= 0.3 is 0 Å². The lowest BCUT2D eigenvalue weighted by Crippen LogP contribution is -2.34. The van der Waals surface area contributed by atoms with E-state index in [0.717, 1.165) is 11.4 Å². The van der Waals surface area contributed by atoms with E-state index in [0.29, 0.717) is 5.92 Å². The Morgan fingerprint density at radius 2 is 2.50 bits per heavy atom. The van der Waals surface area contributed by atoms with Crippen LogP contribution < -0.4 is 11.1 Å². The van der Waals surface area contributed by atoms with E-state index in [9.17, 15) is 4.79 Å². The van der Waals surface area contributed by atoms with E-state index in [1.807, 2.05) is 17.5 Å². The molecule has 1 aliphatic rings. The fourth-order valence-corrected chi connectivity index (χ4v) is 2.00. The molecule has 1 fully saturated rings. The van der Waals surface area contributed by atoms with Gasteiger partial charge in [0, 0.05) is 11.4 Å². The van der Waals surface area contributed by atoms with Crippen LogP contribution in [0.1, 0.15) is 23.8 Å². The summed E-state index contributed by atoms with van der Waals surface area (Å²) < 4.78 is 0. The molecule has 76 valence electrons. The quantitative estimate of drug-likeness (QED) is 0.786. The van der Waals surface area contributed by atoms with Gasteiger partial charge in [-0.05, 0) is 30.2 Å². The first kappa shape index (κ1) is 9.68. The van der Waals surface area contributed by atoms with Crippen molar-refractivity contribution in [1.82, 2.24) is 5.32 Å². The molecule has 1 aromatic heterocycles. The maximum Gasteiger partial charge on any atom is 0.242 e. The minimum absolute atomic E-state index is 0.0562. The molecule has 2 rings (SSSR count). The molecular formula is C10H14N2OS. The summed E-state index contributed by atoms with van der Waals surface area (Å²) in [4.78, 5) is 12.5. The third kappa shape index (κ3) is 2.33. The van der Waals surface area contributed by atoms with E-state index in [1.54, 1.807) is 0 Å². The third-order valence-electron chi connectivity index (χ3n) is 2.39. The Morgan fingerprint density at radius 1 is 1.71 bits per heavy atom. The fourth-order valence-electron chi connectivity index (χ4n) is 1.27. The van der Waals surface area contributed by atoms with E-state index in [1.165, 1.54) is 24.2 Å². The molecule has 1 aliphatic carbocycles. The average molecular weight is 210 g/mol. The Kier molecular flexibility index (Phi) is 2.84. The highest BCUT2D eigenvalue weighted by Crippen LogP contribution is 2.27. The summed E-state index contributed by atoms with van der Waals surface area (Å²) in [6, 6.07) is 3.31. The number of hydrogen-bond donors (Lipinski definition) is 2. The summed E-state index contributed by atoms with van der Waals surface area (Å²) in [7, 11) is 0. The summed E-state index contributed by atoms with van der Waals surface area (Å²) in [5.74, 6) is 0.647. The lowest BCUT2D eigenvalue weighted by atomic mass is 10.2. The predicted molar refractivity (Wildman–Crippen MR) is 57.0 cm³/mol. The summed E-state index contributed by atoms with van der Waals surface area (Å²) in [5.41, 5.74) is 5.79. The monoisotopic (exact) mass is 210 g/mol. The average Bonchev–Trinajstić information content (AvgIpc) is 2.86. The van der Waals surface area contributed by atoms with Crippen LogP contribution in [-0.4, -0.2) is 12.5 Å². The van der Waals surface area contributed by atoms with E-state index in [4.69, 9.17) is 5.73 Å². The van der Waals surface area contributed by atoms with Crippen LogP contribution in [0.5, 0.6) is 0 Å². The number of carbonyl (C=O) groups is 1. The van der Waals surface area contributed by atoms with Crippen LogP contribution in [0.4, 0.5) is 0 Å². The van der Waals surface area contributed by atoms with Crippen LogP contribution in [0.2, 0.25) is 0 Å². The zero-order chi connectivity index (χ0) is 9.97. The Labute approximate surface area is 87.3 Å². The van der Waals surface area contributed by atoms with Crippen LogP contribution in [0.15, 0.2) is 17.5 Å². The summed E-state index contributed by atoms with van der Waals surface area (Å²) in [6.07, 6.45) is 2.49. The Balaban J connectivity index is 1.84. The van der Waals surface area contributed by atoms with Crippen molar-refractivity contribution in [3.05, 3.63) is 22.4 Å². The van der Waals surface area contributed by atoms with Gasteiger partial charge in [-0.25, -0.2) is 0 Å². The van der Waals surface area contributed by atoms with Crippen LogP contribution >= 0.6 is 11.3 Å². The van der Waals surface area contributed by atoms with Gasteiger partial charge in [0.2, 0.25) is 5.91 Å². The molecule has 0 saturated heterocycles. The van der Waals surface area contributed by atoms with Crippen molar-refractivity contribution in [3.8, 4) is 0 Å². The number of nitrogens with two attached hydrogens (primary N) is 1. The summed E-state index contributed by atoms with van der Waals surface area (Å²) in [5, 5.41) is 4.81. The Bertz CT molecular complexity index is 306. The second kappa shape index (κ2) is 4.11. The molecule has 0 aliphatic heterocycles. The molecule has 14 heavy (non-hydrogen) atoms. The minimum atomic E-state index is -0.492. The molecular weight excluding hydrogens is 196 g/mol. The molecule has 1 unspecified atom stereocenters. The standard InChI is InChI=1S/C10H14N2OS/c11-9(8-2-1-5-14-8)10(13)12-6-7-3-4-7/h1-2,5,7,9H,3-4,6,11H2,(H,12,13). The number of nitrogens with one attached hydrogen (secondary N) is 1. The van der Waals surface area contributed by atoms with Gasteiger partial charge in [-0.3, -0.25) is 4.79 Å². The van der Waals surface area contributed by atoms with Crippen molar-refractivity contribution >= 4 is 17.2 Å². The zero-order valence-corrected chi connectivity index (χ0v) is 8.72. The number of carbonyl (C=O) groups excluding carboxylic acids is 1. The first-order valence-corrected chi connectivity index (χ1v) is 5.72. The minimum Gasteiger partial charge on any atom is -0.354 e. The van der Waals surface area contributed by atoms with Crippen molar-refractivity contribution in [3.63, 3.8) is 0 Å². The molecule has 4 heteroatoms. The van der Waals surface area contributed by atoms with E-state index >= 15 is 0 Å². The van der Waals surface area contributed by atoms with Crippen LogP contribution in [0, 0.1) is 5.92 Å². The van der Waals surface area contributed by atoms with Gasteiger partial charge < -0.3 is 11.1 Å². The lowest BCUT2D eigenvalue weighted by Gasteiger charge is -2.09. The molecule has 1 atom stereocenters. The number of rotatable bonds is 4. The Hall–Kier alpha value is -0.870. The number of hydrogen-bond acceptors (Lipinski definition) is 3. The lowest BCUT2D eigenvalue weighted by molar-refractivity contribution is -0.122. The SMILES string of the molecule is NC(C(=O)NCC1CC1)c1cccs1. The highest BCUT2D eigenvalue weighted by atomic mass is 32.1.